The van der Waals surface area contributed by atoms with Crippen LogP contribution in [0.5, 0.6) is 5.75 Å². The Labute approximate surface area is 149 Å². The fourth-order valence-corrected chi connectivity index (χ4v) is 3.42. The van der Waals surface area contributed by atoms with E-state index in [1.54, 1.807) is 31.0 Å². The Bertz CT molecular complexity index is 981. The highest BCUT2D eigenvalue weighted by Crippen LogP contribution is 2.29. The van der Waals surface area contributed by atoms with Crippen LogP contribution >= 0.6 is 11.8 Å². The molecular weight excluding hydrogens is 338 g/mol. The third-order valence-corrected chi connectivity index (χ3v) is 4.63. The van der Waals surface area contributed by atoms with Gasteiger partial charge in [0.15, 0.2) is 0 Å². The molecule has 0 atom stereocenters. The van der Waals surface area contributed by atoms with Gasteiger partial charge in [0.05, 0.1) is 7.11 Å². The first kappa shape index (κ1) is 17.1. The first-order valence-corrected chi connectivity index (χ1v) is 8.65. The van der Waals surface area contributed by atoms with Gasteiger partial charge in [0.2, 0.25) is 5.91 Å². The van der Waals surface area contributed by atoms with Gasteiger partial charge in [-0.25, -0.2) is 4.79 Å². The third-order valence-electron chi connectivity index (χ3n) is 3.59. The number of methoxy groups -OCH3 is 1. The number of thioether (sulfide) groups is 1. The third kappa shape index (κ3) is 4.22. The van der Waals surface area contributed by atoms with E-state index in [0.717, 1.165) is 21.6 Å². The van der Waals surface area contributed by atoms with Crippen LogP contribution in [0.4, 0.5) is 5.69 Å². The van der Waals surface area contributed by atoms with Crippen molar-refractivity contribution in [2.75, 3.05) is 12.4 Å². The second-order valence-corrected chi connectivity index (χ2v) is 6.50. The maximum absolute atomic E-state index is 11.9. The molecule has 0 aliphatic rings. The van der Waals surface area contributed by atoms with Crippen molar-refractivity contribution in [2.24, 2.45) is 0 Å². The summed E-state index contributed by atoms with van der Waals surface area (Å²) in [5, 5.41) is 3.54. The molecule has 0 saturated heterocycles. The van der Waals surface area contributed by atoms with Crippen molar-refractivity contribution in [3.63, 3.8) is 0 Å². The van der Waals surface area contributed by atoms with Gasteiger partial charge >= 0.3 is 5.63 Å². The minimum absolute atomic E-state index is 0.175. The van der Waals surface area contributed by atoms with Gasteiger partial charge < -0.3 is 14.5 Å². The number of nitrogens with one attached hydrogen (secondary N) is 1. The maximum atomic E-state index is 11.9. The first-order chi connectivity index (χ1) is 12.0. The highest BCUT2D eigenvalue weighted by atomic mass is 32.2. The van der Waals surface area contributed by atoms with E-state index in [9.17, 15) is 9.59 Å². The summed E-state index contributed by atoms with van der Waals surface area (Å²) in [7, 11) is 1.63. The van der Waals surface area contributed by atoms with Gasteiger partial charge in [-0.15, -0.1) is 11.8 Å². The van der Waals surface area contributed by atoms with Gasteiger partial charge in [0.25, 0.3) is 0 Å². The van der Waals surface area contributed by atoms with Crippen molar-refractivity contribution in [1.29, 1.82) is 0 Å². The summed E-state index contributed by atoms with van der Waals surface area (Å²) in [5.74, 6) is 1.24. The molecule has 5 nitrogen and oxygen atoms in total. The number of carbonyl (C=O) groups is 1. The van der Waals surface area contributed by atoms with E-state index in [1.165, 1.54) is 13.0 Å². The summed E-state index contributed by atoms with van der Waals surface area (Å²) in [6.07, 6.45) is 0. The highest BCUT2D eigenvalue weighted by molar-refractivity contribution is 7.98. The standard InChI is InChI=1S/C19H17NO4S/c1-12(21)20-14-6-7-17-13(8-19(22)24-18(17)9-14)11-25-16-5-3-4-15(10-16)23-2/h3-10H,11H2,1-2H3,(H,20,21). The summed E-state index contributed by atoms with van der Waals surface area (Å²) < 4.78 is 10.5. The number of amides is 1. The molecule has 0 fully saturated rings. The van der Waals surface area contributed by atoms with E-state index in [-0.39, 0.29) is 5.91 Å². The Morgan fingerprint density at radius 3 is 2.80 bits per heavy atom. The molecule has 0 aliphatic carbocycles. The smallest absolute Gasteiger partial charge is 0.336 e. The second-order valence-electron chi connectivity index (χ2n) is 5.45. The molecule has 0 radical (unpaired) electrons. The summed E-state index contributed by atoms with van der Waals surface area (Å²) >= 11 is 1.61. The normalized spacial score (nSPS) is 10.6. The van der Waals surface area contributed by atoms with Crippen LogP contribution in [-0.4, -0.2) is 13.0 Å². The number of hydrogen-bond donors (Lipinski definition) is 1. The molecule has 6 heteroatoms. The predicted octanol–water partition coefficient (Wildman–Crippen LogP) is 4.05. The molecule has 2 aromatic carbocycles. The number of fused-ring (bicyclic) bond motifs is 1. The van der Waals surface area contributed by atoms with Crippen LogP contribution in [0.3, 0.4) is 0 Å². The number of anilines is 1. The molecule has 0 spiro atoms. The molecule has 0 bridgehead atoms. The molecule has 3 rings (SSSR count). The average Bonchev–Trinajstić information content (AvgIpc) is 2.59. The lowest BCUT2D eigenvalue weighted by Crippen LogP contribution is -2.06. The molecular formula is C19H17NO4S. The molecule has 0 unspecified atom stereocenters. The van der Waals surface area contributed by atoms with E-state index in [4.69, 9.17) is 9.15 Å². The molecule has 0 saturated carbocycles. The van der Waals surface area contributed by atoms with Gasteiger partial charge in [-0.3, -0.25) is 4.79 Å². The molecule has 1 amide bonds. The quantitative estimate of drug-likeness (QED) is 0.552. The van der Waals surface area contributed by atoms with Crippen molar-refractivity contribution in [2.45, 2.75) is 17.6 Å². The van der Waals surface area contributed by atoms with Crippen LogP contribution < -0.4 is 15.7 Å². The number of benzene rings is 2. The maximum Gasteiger partial charge on any atom is 0.336 e. The lowest BCUT2D eigenvalue weighted by atomic mass is 10.1. The Hall–Kier alpha value is -2.73. The summed E-state index contributed by atoms with van der Waals surface area (Å²) in [6.45, 7) is 1.43. The first-order valence-electron chi connectivity index (χ1n) is 7.66. The molecule has 1 heterocycles. The fourth-order valence-electron chi connectivity index (χ4n) is 2.48. The minimum Gasteiger partial charge on any atom is -0.497 e. The van der Waals surface area contributed by atoms with Crippen molar-refractivity contribution < 1.29 is 13.9 Å². The molecule has 3 aromatic rings. The molecule has 1 aromatic heterocycles. The lowest BCUT2D eigenvalue weighted by molar-refractivity contribution is -0.114. The second kappa shape index (κ2) is 7.44. The van der Waals surface area contributed by atoms with E-state index < -0.39 is 5.63 Å². The summed E-state index contributed by atoms with van der Waals surface area (Å²) in [5.41, 5.74) is 1.53. The van der Waals surface area contributed by atoms with Crippen LogP contribution in [0, 0.1) is 0 Å². The van der Waals surface area contributed by atoms with Crippen molar-refractivity contribution in [3.05, 3.63) is 64.5 Å². The Morgan fingerprint density at radius 2 is 2.04 bits per heavy atom. The zero-order valence-corrected chi connectivity index (χ0v) is 14.7. The Kier molecular flexibility index (Phi) is 5.09. The largest absolute Gasteiger partial charge is 0.497 e. The van der Waals surface area contributed by atoms with Crippen LogP contribution in [0.25, 0.3) is 11.0 Å². The van der Waals surface area contributed by atoms with E-state index in [2.05, 4.69) is 5.32 Å². The SMILES string of the molecule is COc1cccc(SCc2cc(=O)oc3cc(NC(C)=O)ccc23)c1. The number of rotatable bonds is 5. The van der Waals surface area contributed by atoms with Crippen molar-refractivity contribution in [1.82, 2.24) is 0 Å². The molecule has 25 heavy (non-hydrogen) atoms. The Balaban J connectivity index is 1.90. The molecule has 1 N–H and O–H groups in total. The van der Waals surface area contributed by atoms with Crippen molar-refractivity contribution >= 4 is 34.3 Å². The van der Waals surface area contributed by atoms with E-state index in [0.29, 0.717) is 17.0 Å². The van der Waals surface area contributed by atoms with Gasteiger partial charge in [-0.2, -0.15) is 0 Å². The van der Waals surface area contributed by atoms with Crippen LogP contribution in [-0.2, 0) is 10.5 Å². The van der Waals surface area contributed by atoms with E-state index in [1.807, 2.05) is 30.3 Å². The molecule has 128 valence electrons. The number of carbonyl (C=O) groups excluding carboxylic acids is 1. The van der Waals surface area contributed by atoms with Gasteiger partial charge in [0.1, 0.15) is 11.3 Å². The van der Waals surface area contributed by atoms with Crippen LogP contribution in [0.1, 0.15) is 12.5 Å². The number of hydrogen-bond acceptors (Lipinski definition) is 5. The summed E-state index contributed by atoms with van der Waals surface area (Å²) in [6, 6.07) is 14.6. The minimum atomic E-state index is -0.409. The monoisotopic (exact) mass is 355 g/mol. The van der Waals surface area contributed by atoms with E-state index >= 15 is 0 Å². The predicted molar refractivity (Wildman–Crippen MR) is 99.3 cm³/mol. The van der Waals surface area contributed by atoms with Gasteiger partial charge in [0, 0.05) is 40.8 Å². The van der Waals surface area contributed by atoms with Crippen molar-refractivity contribution in [3.8, 4) is 5.75 Å². The molecule has 0 aliphatic heterocycles. The van der Waals surface area contributed by atoms with Gasteiger partial charge in [-0.1, -0.05) is 6.07 Å². The van der Waals surface area contributed by atoms with Gasteiger partial charge in [-0.05, 0) is 35.9 Å². The average molecular weight is 355 g/mol. The Morgan fingerprint density at radius 1 is 1.20 bits per heavy atom. The highest BCUT2D eigenvalue weighted by Gasteiger charge is 2.08. The summed E-state index contributed by atoms with van der Waals surface area (Å²) in [4.78, 5) is 24.1. The zero-order chi connectivity index (χ0) is 17.8. The fraction of sp³-hybridized carbons (Fsp3) is 0.158. The topological polar surface area (TPSA) is 68.5 Å². The lowest BCUT2D eigenvalue weighted by Gasteiger charge is -2.08. The van der Waals surface area contributed by atoms with Crippen LogP contribution in [0.2, 0.25) is 0 Å². The zero-order valence-electron chi connectivity index (χ0n) is 13.9. The number of ether oxygens (including phenoxy) is 1. The van der Waals surface area contributed by atoms with Crippen LogP contribution in [0.15, 0.2) is 62.6 Å².